The number of amides is 1. The fraction of sp³-hybridized carbons (Fsp3) is 0.583. The summed E-state index contributed by atoms with van der Waals surface area (Å²) in [6.45, 7) is 3.54. The van der Waals surface area contributed by atoms with Gasteiger partial charge in [0.05, 0.1) is 0 Å². The van der Waals surface area contributed by atoms with Crippen LogP contribution in [0, 0.1) is 6.92 Å². The Labute approximate surface area is 105 Å². The SMILES string of the molecule is Cc1nccn1[C@@H](C)C(=O)NC1(C(=O)O)CCC1. The number of carbonyl (C=O) groups excluding carboxylic acids is 1. The molecule has 0 saturated heterocycles. The second-order valence-corrected chi connectivity index (χ2v) is 4.79. The molecular weight excluding hydrogens is 234 g/mol. The van der Waals surface area contributed by atoms with Gasteiger partial charge in [0, 0.05) is 12.4 Å². The van der Waals surface area contributed by atoms with E-state index in [0.717, 1.165) is 12.2 Å². The third-order valence-corrected chi connectivity index (χ3v) is 3.64. The van der Waals surface area contributed by atoms with E-state index in [0.29, 0.717) is 12.8 Å². The minimum Gasteiger partial charge on any atom is -0.480 e. The highest BCUT2D eigenvalue weighted by Crippen LogP contribution is 2.32. The second-order valence-electron chi connectivity index (χ2n) is 4.79. The Hall–Kier alpha value is -1.85. The van der Waals surface area contributed by atoms with Gasteiger partial charge in [0.15, 0.2) is 0 Å². The minimum atomic E-state index is -1.06. The molecule has 1 amide bonds. The molecule has 98 valence electrons. The summed E-state index contributed by atoms with van der Waals surface area (Å²) in [6.07, 6.45) is 5.18. The number of imidazole rings is 1. The number of carboxylic acids is 1. The van der Waals surface area contributed by atoms with E-state index in [1.807, 2.05) is 0 Å². The van der Waals surface area contributed by atoms with Crippen molar-refractivity contribution in [3.8, 4) is 0 Å². The molecule has 1 aliphatic rings. The number of hydrogen-bond donors (Lipinski definition) is 2. The fourth-order valence-corrected chi connectivity index (χ4v) is 2.19. The average Bonchev–Trinajstić information content (AvgIpc) is 2.67. The smallest absolute Gasteiger partial charge is 0.329 e. The van der Waals surface area contributed by atoms with Crippen molar-refractivity contribution in [3.63, 3.8) is 0 Å². The van der Waals surface area contributed by atoms with Gasteiger partial charge in [-0.25, -0.2) is 9.78 Å². The third kappa shape index (κ3) is 1.98. The lowest BCUT2D eigenvalue weighted by atomic mass is 9.76. The highest BCUT2D eigenvalue weighted by atomic mass is 16.4. The highest BCUT2D eigenvalue weighted by Gasteiger charge is 2.46. The molecule has 18 heavy (non-hydrogen) atoms. The van der Waals surface area contributed by atoms with Crippen molar-refractivity contribution in [3.05, 3.63) is 18.2 Å². The summed E-state index contributed by atoms with van der Waals surface area (Å²) in [6, 6.07) is -0.454. The van der Waals surface area contributed by atoms with Crippen LogP contribution in [0.2, 0.25) is 0 Å². The molecule has 2 N–H and O–H groups in total. The summed E-state index contributed by atoms with van der Waals surface area (Å²) in [7, 11) is 0. The van der Waals surface area contributed by atoms with Gasteiger partial charge in [0.25, 0.3) is 0 Å². The first-order chi connectivity index (χ1) is 8.46. The van der Waals surface area contributed by atoms with Crippen molar-refractivity contribution in [1.82, 2.24) is 14.9 Å². The van der Waals surface area contributed by atoms with E-state index in [2.05, 4.69) is 10.3 Å². The number of carboxylic acid groups (broad SMARTS) is 1. The number of hydrogen-bond acceptors (Lipinski definition) is 3. The van der Waals surface area contributed by atoms with Crippen LogP contribution in [0.4, 0.5) is 0 Å². The molecule has 0 radical (unpaired) electrons. The Morgan fingerprint density at radius 3 is 2.61 bits per heavy atom. The molecule has 0 unspecified atom stereocenters. The summed E-state index contributed by atoms with van der Waals surface area (Å²) < 4.78 is 1.73. The van der Waals surface area contributed by atoms with Crippen LogP contribution in [0.1, 0.15) is 38.1 Å². The Bertz CT molecular complexity index is 477. The Morgan fingerprint density at radius 1 is 1.56 bits per heavy atom. The fourth-order valence-electron chi connectivity index (χ4n) is 2.19. The summed E-state index contributed by atoms with van der Waals surface area (Å²) in [5.41, 5.74) is -1.06. The monoisotopic (exact) mass is 251 g/mol. The zero-order valence-corrected chi connectivity index (χ0v) is 10.5. The average molecular weight is 251 g/mol. The standard InChI is InChI=1S/C12H17N3O3/c1-8(15-7-6-13-9(15)2)10(16)14-12(11(17)18)4-3-5-12/h6-8H,3-5H2,1-2H3,(H,14,16)(H,17,18)/t8-/m0/s1. The molecule has 1 fully saturated rings. The predicted molar refractivity (Wildman–Crippen MR) is 64.0 cm³/mol. The van der Waals surface area contributed by atoms with Crippen molar-refractivity contribution >= 4 is 11.9 Å². The lowest BCUT2D eigenvalue weighted by Gasteiger charge is -2.39. The minimum absolute atomic E-state index is 0.279. The van der Waals surface area contributed by atoms with Gasteiger partial charge in [-0.15, -0.1) is 0 Å². The topological polar surface area (TPSA) is 84.2 Å². The van der Waals surface area contributed by atoms with E-state index in [1.165, 1.54) is 0 Å². The molecule has 0 bridgehead atoms. The second kappa shape index (κ2) is 4.44. The molecule has 1 saturated carbocycles. The van der Waals surface area contributed by atoms with Gasteiger partial charge in [0.1, 0.15) is 17.4 Å². The predicted octanol–water partition coefficient (Wildman–Crippen LogP) is 0.876. The van der Waals surface area contributed by atoms with E-state index in [4.69, 9.17) is 5.11 Å². The van der Waals surface area contributed by atoms with Gasteiger partial charge in [-0.05, 0) is 33.1 Å². The van der Waals surface area contributed by atoms with Gasteiger partial charge >= 0.3 is 5.97 Å². The Kier molecular flexibility index (Phi) is 3.11. The van der Waals surface area contributed by atoms with E-state index in [9.17, 15) is 9.59 Å². The van der Waals surface area contributed by atoms with Crippen LogP contribution in [-0.2, 0) is 9.59 Å². The molecule has 1 aromatic rings. The largest absolute Gasteiger partial charge is 0.480 e. The normalized spacial score (nSPS) is 18.8. The summed E-state index contributed by atoms with van der Waals surface area (Å²) in [4.78, 5) is 27.3. The lowest BCUT2D eigenvalue weighted by Crippen LogP contribution is -2.60. The molecule has 1 heterocycles. The Morgan fingerprint density at radius 2 is 2.22 bits per heavy atom. The maximum atomic E-state index is 12.1. The zero-order chi connectivity index (χ0) is 13.3. The maximum Gasteiger partial charge on any atom is 0.329 e. The first-order valence-corrected chi connectivity index (χ1v) is 6.01. The molecular formula is C12H17N3O3. The van der Waals surface area contributed by atoms with Gasteiger partial charge < -0.3 is 15.0 Å². The van der Waals surface area contributed by atoms with E-state index >= 15 is 0 Å². The summed E-state index contributed by atoms with van der Waals surface area (Å²) >= 11 is 0. The number of aromatic nitrogens is 2. The van der Waals surface area contributed by atoms with Crippen LogP contribution in [0.5, 0.6) is 0 Å². The van der Waals surface area contributed by atoms with E-state index in [-0.39, 0.29) is 5.91 Å². The Balaban J connectivity index is 2.09. The molecule has 1 aliphatic carbocycles. The molecule has 0 spiro atoms. The van der Waals surface area contributed by atoms with E-state index in [1.54, 1.807) is 30.8 Å². The summed E-state index contributed by atoms with van der Waals surface area (Å²) in [5.74, 6) is -0.495. The van der Waals surface area contributed by atoms with Crippen molar-refractivity contribution < 1.29 is 14.7 Å². The lowest BCUT2D eigenvalue weighted by molar-refractivity contribution is -0.152. The quantitative estimate of drug-likeness (QED) is 0.831. The number of nitrogens with zero attached hydrogens (tertiary/aromatic N) is 2. The highest BCUT2D eigenvalue weighted by molar-refractivity contribution is 5.89. The first kappa shape index (κ1) is 12.6. The zero-order valence-electron chi connectivity index (χ0n) is 10.5. The molecule has 2 rings (SSSR count). The summed E-state index contributed by atoms with van der Waals surface area (Å²) in [5, 5.41) is 11.8. The number of rotatable bonds is 4. The molecule has 1 aromatic heterocycles. The molecule has 0 aromatic carbocycles. The van der Waals surface area contributed by atoms with Crippen LogP contribution >= 0.6 is 0 Å². The third-order valence-electron chi connectivity index (χ3n) is 3.64. The van der Waals surface area contributed by atoms with Crippen LogP contribution < -0.4 is 5.32 Å². The maximum absolute atomic E-state index is 12.1. The van der Waals surface area contributed by atoms with Crippen LogP contribution in [0.25, 0.3) is 0 Å². The molecule has 6 nitrogen and oxygen atoms in total. The van der Waals surface area contributed by atoms with Gasteiger partial charge in [-0.3, -0.25) is 4.79 Å². The van der Waals surface area contributed by atoms with Gasteiger partial charge in [0.2, 0.25) is 5.91 Å². The first-order valence-electron chi connectivity index (χ1n) is 6.01. The van der Waals surface area contributed by atoms with Crippen molar-refractivity contribution in [2.75, 3.05) is 0 Å². The molecule has 0 aliphatic heterocycles. The number of carbonyl (C=O) groups is 2. The van der Waals surface area contributed by atoms with Crippen LogP contribution in [0.3, 0.4) is 0 Å². The number of aryl methyl sites for hydroxylation is 1. The van der Waals surface area contributed by atoms with Crippen LogP contribution in [0.15, 0.2) is 12.4 Å². The van der Waals surface area contributed by atoms with Crippen molar-refractivity contribution in [1.29, 1.82) is 0 Å². The number of aliphatic carboxylic acids is 1. The van der Waals surface area contributed by atoms with Crippen LogP contribution in [-0.4, -0.2) is 32.1 Å². The number of nitrogens with one attached hydrogen (secondary N) is 1. The van der Waals surface area contributed by atoms with Gasteiger partial charge in [-0.1, -0.05) is 0 Å². The molecule has 6 heteroatoms. The van der Waals surface area contributed by atoms with Crippen molar-refractivity contribution in [2.45, 2.75) is 44.7 Å². The molecule has 1 atom stereocenters. The van der Waals surface area contributed by atoms with Crippen molar-refractivity contribution in [2.24, 2.45) is 0 Å². The van der Waals surface area contributed by atoms with E-state index < -0.39 is 17.6 Å². The van der Waals surface area contributed by atoms with Gasteiger partial charge in [-0.2, -0.15) is 0 Å².